The lowest BCUT2D eigenvalue weighted by Crippen LogP contribution is -2.35. The molecular weight excluding hydrogens is 423 g/mol. The zero-order valence-corrected chi connectivity index (χ0v) is 18.6. The highest BCUT2D eigenvalue weighted by Gasteiger charge is 2.27. The second-order valence-corrected chi connectivity index (χ2v) is 8.04. The molecule has 33 heavy (non-hydrogen) atoms. The summed E-state index contributed by atoms with van der Waals surface area (Å²) in [5.41, 5.74) is 7.84. The Morgan fingerprint density at radius 2 is 2.09 bits per heavy atom. The predicted molar refractivity (Wildman–Crippen MR) is 122 cm³/mol. The Labute approximate surface area is 192 Å². The van der Waals surface area contributed by atoms with Gasteiger partial charge in [-0.25, -0.2) is 15.0 Å². The number of rotatable bonds is 9. The molecule has 1 aliphatic rings. The van der Waals surface area contributed by atoms with Gasteiger partial charge in [-0.05, 0) is 38.3 Å². The Balaban J connectivity index is 1.44. The van der Waals surface area contributed by atoms with Crippen LogP contribution in [0.4, 0.5) is 10.2 Å². The molecule has 3 aromatic heterocycles. The van der Waals surface area contributed by atoms with Crippen LogP contribution in [0.1, 0.15) is 49.9 Å². The first-order chi connectivity index (χ1) is 16.0. The van der Waals surface area contributed by atoms with Crippen LogP contribution in [0, 0.1) is 5.95 Å². The van der Waals surface area contributed by atoms with Gasteiger partial charge in [0.05, 0.1) is 18.3 Å². The SMILES string of the molecule is CC1c2cnc(-c3ccccn3)nc2CCN1c1cc(OCCCCCC(N)=O)cc(F)n1. The molecule has 0 fully saturated rings. The summed E-state index contributed by atoms with van der Waals surface area (Å²) in [5.74, 6) is 0.673. The second kappa shape index (κ2) is 10.3. The molecule has 2 N–H and O–H groups in total. The van der Waals surface area contributed by atoms with Gasteiger partial charge in [-0.2, -0.15) is 4.39 Å². The van der Waals surface area contributed by atoms with Gasteiger partial charge in [0, 0.05) is 49.5 Å². The van der Waals surface area contributed by atoms with E-state index >= 15 is 0 Å². The Bertz CT molecular complexity index is 1110. The van der Waals surface area contributed by atoms with E-state index in [1.807, 2.05) is 36.2 Å². The number of halogens is 1. The summed E-state index contributed by atoms with van der Waals surface area (Å²) in [6, 6.07) is 8.63. The number of carbonyl (C=O) groups is 1. The molecule has 1 unspecified atom stereocenters. The monoisotopic (exact) mass is 450 g/mol. The van der Waals surface area contributed by atoms with Crippen LogP contribution < -0.4 is 15.4 Å². The first kappa shape index (κ1) is 22.6. The summed E-state index contributed by atoms with van der Waals surface area (Å²) in [5, 5.41) is 0. The van der Waals surface area contributed by atoms with Crippen molar-refractivity contribution in [2.45, 2.75) is 45.1 Å². The van der Waals surface area contributed by atoms with Crippen molar-refractivity contribution in [3.63, 3.8) is 0 Å². The maximum absolute atomic E-state index is 14.3. The van der Waals surface area contributed by atoms with E-state index in [1.165, 1.54) is 6.07 Å². The summed E-state index contributed by atoms with van der Waals surface area (Å²) >= 11 is 0. The van der Waals surface area contributed by atoms with Crippen LogP contribution in [0.15, 0.2) is 42.7 Å². The van der Waals surface area contributed by atoms with E-state index in [9.17, 15) is 9.18 Å². The third-order valence-corrected chi connectivity index (χ3v) is 5.69. The second-order valence-electron chi connectivity index (χ2n) is 8.04. The molecule has 8 nitrogen and oxygen atoms in total. The maximum Gasteiger partial charge on any atom is 0.218 e. The van der Waals surface area contributed by atoms with Crippen LogP contribution in [0.5, 0.6) is 5.75 Å². The number of carbonyl (C=O) groups excluding carboxylic acids is 1. The molecule has 1 atom stereocenters. The minimum Gasteiger partial charge on any atom is -0.493 e. The first-order valence-corrected chi connectivity index (χ1v) is 11.1. The summed E-state index contributed by atoms with van der Waals surface area (Å²) in [6.07, 6.45) is 6.92. The molecular formula is C24H27FN6O2. The van der Waals surface area contributed by atoms with Gasteiger partial charge in [0.1, 0.15) is 17.3 Å². The summed E-state index contributed by atoms with van der Waals surface area (Å²) in [4.78, 5) is 30.5. The topological polar surface area (TPSA) is 107 Å². The number of primary amides is 1. The summed E-state index contributed by atoms with van der Waals surface area (Å²) in [7, 11) is 0. The fraction of sp³-hybridized carbons (Fsp3) is 0.375. The van der Waals surface area contributed by atoms with Crippen LogP contribution in [0.3, 0.4) is 0 Å². The van der Waals surface area contributed by atoms with Gasteiger partial charge in [0.25, 0.3) is 0 Å². The van der Waals surface area contributed by atoms with Gasteiger partial charge in [0.15, 0.2) is 5.82 Å². The normalized spacial score (nSPS) is 15.2. The van der Waals surface area contributed by atoms with Crippen LogP contribution in [-0.2, 0) is 11.2 Å². The highest BCUT2D eigenvalue weighted by Crippen LogP contribution is 2.33. The van der Waals surface area contributed by atoms with Gasteiger partial charge in [-0.3, -0.25) is 9.78 Å². The molecule has 0 spiro atoms. The number of nitrogens with two attached hydrogens (primary N) is 1. The Hall–Kier alpha value is -3.62. The van der Waals surface area contributed by atoms with E-state index in [4.69, 9.17) is 15.5 Å². The summed E-state index contributed by atoms with van der Waals surface area (Å²) in [6.45, 7) is 3.12. The van der Waals surface area contributed by atoms with Crippen molar-refractivity contribution in [1.29, 1.82) is 0 Å². The highest BCUT2D eigenvalue weighted by molar-refractivity contribution is 5.73. The van der Waals surface area contributed by atoms with Crippen molar-refractivity contribution in [2.24, 2.45) is 5.73 Å². The van der Waals surface area contributed by atoms with E-state index in [1.54, 1.807) is 12.3 Å². The van der Waals surface area contributed by atoms with Gasteiger partial charge in [0.2, 0.25) is 11.9 Å². The number of fused-ring (bicyclic) bond motifs is 1. The smallest absolute Gasteiger partial charge is 0.218 e. The minimum absolute atomic E-state index is 0.0671. The lowest BCUT2D eigenvalue weighted by Gasteiger charge is -2.35. The van der Waals surface area contributed by atoms with Crippen molar-refractivity contribution in [1.82, 2.24) is 19.9 Å². The quantitative estimate of drug-likeness (QED) is 0.392. The number of nitrogens with zero attached hydrogens (tertiary/aromatic N) is 5. The lowest BCUT2D eigenvalue weighted by atomic mass is 9.99. The average molecular weight is 451 g/mol. The van der Waals surface area contributed by atoms with Gasteiger partial charge in [-0.1, -0.05) is 6.07 Å². The Morgan fingerprint density at radius 1 is 1.21 bits per heavy atom. The van der Waals surface area contributed by atoms with Crippen molar-refractivity contribution in [3.8, 4) is 17.3 Å². The molecule has 4 heterocycles. The maximum atomic E-state index is 14.3. The third kappa shape index (κ3) is 5.60. The van der Waals surface area contributed by atoms with Crippen molar-refractivity contribution < 1.29 is 13.9 Å². The Kier molecular flexibility index (Phi) is 7.07. The molecule has 172 valence electrons. The Morgan fingerprint density at radius 3 is 2.88 bits per heavy atom. The fourth-order valence-electron chi connectivity index (χ4n) is 3.95. The van der Waals surface area contributed by atoms with Crippen molar-refractivity contribution >= 4 is 11.7 Å². The van der Waals surface area contributed by atoms with E-state index in [0.717, 1.165) is 36.2 Å². The lowest BCUT2D eigenvalue weighted by molar-refractivity contribution is -0.118. The number of anilines is 1. The number of unbranched alkanes of at least 4 members (excludes halogenated alkanes) is 2. The van der Waals surface area contributed by atoms with E-state index in [0.29, 0.717) is 43.4 Å². The molecule has 0 saturated heterocycles. The molecule has 0 bridgehead atoms. The van der Waals surface area contributed by atoms with Gasteiger partial charge in [-0.15, -0.1) is 0 Å². The van der Waals surface area contributed by atoms with Crippen molar-refractivity contribution in [2.75, 3.05) is 18.1 Å². The molecule has 9 heteroatoms. The largest absolute Gasteiger partial charge is 0.493 e. The van der Waals surface area contributed by atoms with E-state index < -0.39 is 5.95 Å². The van der Waals surface area contributed by atoms with E-state index in [-0.39, 0.29) is 11.9 Å². The van der Waals surface area contributed by atoms with Crippen LogP contribution in [0.25, 0.3) is 11.5 Å². The molecule has 1 aliphatic heterocycles. The first-order valence-electron chi connectivity index (χ1n) is 11.1. The zero-order chi connectivity index (χ0) is 23.2. The predicted octanol–water partition coefficient (Wildman–Crippen LogP) is 3.62. The van der Waals surface area contributed by atoms with Crippen LogP contribution in [0.2, 0.25) is 0 Å². The molecule has 0 saturated carbocycles. The number of aromatic nitrogens is 4. The fourth-order valence-corrected chi connectivity index (χ4v) is 3.95. The molecule has 4 rings (SSSR count). The van der Waals surface area contributed by atoms with Crippen LogP contribution >= 0.6 is 0 Å². The minimum atomic E-state index is -0.587. The van der Waals surface area contributed by atoms with Gasteiger partial charge < -0.3 is 15.4 Å². The number of ether oxygens (including phenoxy) is 1. The molecule has 0 aromatic carbocycles. The number of hydrogen-bond donors (Lipinski definition) is 1. The number of pyridine rings is 2. The van der Waals surface area contributed by atoms with Gasteiger partial charge >= 0.3 is 0 Å². The molecule has 0 aliphatic carbocycles. The standard InChI is InChI=1S/C24H27FN6O2/c1-16-18-15-28-24(20-7-4-5-10-27-20)29-19(18)9-11-31(16)23-14-17(13-21(25)30-23)33-12-6-2-3-8-22(26)32/h4-5,7,10,13-16H,2-3,6,8-9,11-12H2,1H3,(H2,26,32). The molecule has 1 amide bonds. The van der Waals surface area contributed by atoms with Crippen molar-refractivity contribution in [3.05, 3.63) is 59.9 Å². The zero-order valence-electron chi connectivity index (χ0n) is 18.6. The number of hydrogen-bond acceptors (Lipinski definition) is 7. The highest BCUT2D eigenvalue weighted by atomic mass is 19.1. The molecule has 0 radical (unpaired) electrons. The molecule has 3 aromatic rings. The average Bonchev–Trinajstić information content (AvgIpc) is 2.81. The van der Waals surface area contributed by atoms with E-state index in [2.05, 4.69) is 15.0 Å². The third-order valence-electron chi connectivity index (χ3n) is 5.69. The van der Waals surface area contributed by atoms with Crippen LogP contribution in [-0.4, -0.2) is 39.0 Å². The summed E-state index contributed by atoms with van der Waals surface area (Å²) < 4.78 is 20.0. The number of amides is 1.